The lowest BCUT2D eigenvalue weighted by Gasteiger charge is -2.09. The summed E-state index contributed by atoms with van der Waals surface area (Å²) in [6.45, 7) is 0. The van der Waals surface area contributed by atoms with Gasteiger partial charge in [-0.2, -0.15) is 0 Å². The van der Waals surface area contributed by atoms with Crippen LogP contribution in [0.25, 0.3) is 0 Å². The van der Waals surface area contributed by atoms with Crippen molar-refractivity contribution in [1.29, 1.82) is 0 Å². The number of hydrogen-bond acceptors (Lipinski definition) is 2. The lowest BCUT2D eigenvalue weighted by atomic mass is 10.0. The second-order valence-electron chi connectivity index (χ2n) is 4.30. The molecule has 2 nitrogen and oxygen atoms in total. The Balaban J connectivity index is 2.37. The van der Waals surface area contributed by atoms with E-state index in [-0.39, 0.29) is 10.9 Å². The van der Waals surface area contributed by atoms with Crippen LogP contribution in [0.3, 0.4) is 0 Å². The summed E-state index contributed by atoms with van der Waals surface area (Å²) in [5.74, 6) is -1.93. The van der Waals surface area contributed by atoms with Crippen LogP contribution in [-0.2, 0) is 6.42 Å². The summed E-state index contributed by atoms with van der Waals surface area (Å²) >= 11 is 6.27. The van der Waals surface area contributed by atoms with Gasteiger partial charge < -0.3 is 4.74 Å². The molecule has 0 unspecified atom stereocenters. The van der Waals surface area contributed by atoms with Gasteiger partial charge in [-0.1, -0.05) is 31.9 Å². The molecule has 0 aliphatic carbocycles. The maximum atomic E-state index is 13.8. The molecule has 0 spiro atoms. The van der Waals surface area contributed by atoms with Gasteiger partial charge in [0.1, 0.15) is 17.4 Å². The average molecular weight is 420 g/mol. The molecular formula is C15H10Br2F2O2. The summed E-state index contributed by atoms with van der Waals surface area (Å²) in [6, 6.07) is 7.25. The Hall–Kier alpha value is -1.27. The van der Waals surface area contributed by atoms with E-state index in [1.54, 1.807) is 18.2 Å². The Morgan fingerprint density at radius 1 is 1.10 bits per heavy atom. The van der Waals surface area contributed by atoms with Crippen molar-refractivity contribution in [1.82, 2.24) is 0 Å². The van der Waals surface area contributed by atoms with Crippen LogP contribution in [0.1, 0.15) is 15.9 Å². The first-order valence-electron chi connectivity index (χ1n) is 5.92. The Morgan fingerprint density at radius 3 is 2.29 bits per heavy atom. The van der Waals surface area contributed by atoms with Gasteiger partial charge in [-0.05, 0) is 30.3 Å². The number of benzene rings is 2. The number of ketones is 1. The molecule has 21 heavy (non-hydrogen) atoms. The zero-order valence-corrected chi connectivity index (χ0v) is 14.1. The molecule has 0 aliphatic rings. The van der Waals surface area contributed by atoms with E-state index in [0.29, 0.717) is 11.3 Å². The summed E-state index contributed by atoms with van der Waals surface area (Å²) in [7, 11) is 1.47. The van der Waals surface area contributed by atoms with Gasteiger partial charge in [0.15, 0.2) is 5.78 Å². The average Bonchev–Trinajstić information content (AvgIpc) is 2.37. The second kappa shape index (κ2) is 6.66. The minimum Gasteiger partial charge on any atom is -0.496 e. The van der Waals surface area contributed by atoms with Gasteiger partial charge >= 0.3 is 0 Å². The number of methoxy groups -OCH3 is 1. The van der Waals surface area contributed by atoms with E-state index >= 15 is 0 Å². The third-order valence-electron chi connectivity index (χ3n) is 2.88. The molecule has 0 saturated heterocycles. The Labute approximate surface area is 137 Å². The Kier molecular flexibility index (Phi) is 5.11. The molecule has 0 atom stereocenters. The van der Waals surface area contributed by atoms with Gasteiger partial charge in [0.2, 0.25) is 0 Å². The van der Waals surface area contributed by atoms with Crippen LogP contribution in [0.5, 0.6) is 5.75 Å². The zero-order valence-electron chi connectivity index (χ0n) is 10.9. The predicted molar refractivity (Wildman–Crippen MR) is 82.8 cm³/mol. The van der Waals surface area contributed by atoms with Crippen LogP contribution in [0.2, 0.25) is 0 Å². The van der Waals surface area contributed by atoms with Crippen molar-refractivity contribution in [2.45, 2.75) is 6.42 Å². The summed E-state index contributed by atoms with van der Waals surface area (Å²) in [4.78, 5) is 12.2. The maximum Gasteiger partial charge on any atom is 0.173 e. The van der Waals surface area contributed by atoms with Gasteiger partial charge in [-0.25, -0.2) is 8.78 Å². The molecule has 2 aromatic carbocycles. The topological polar surface area (TPSA) is 26.3 Å². The highest BCUT2D eigenvalue weighted by Crippen LogP contribution is 2.26. The lowest BCUT2D eigenvalue weighted by Crippen LogP contribution is -2.10. The molecule has 0 N–H and O–H groups in total. The molecule has 110 valence electrons. The highest BCUT2D eigenvalue weighted by molar-refractivity contribution is 9.10. The minimum absolute atomic E-state index is 0.155. The number of hydrogen-bond donors (Lipinski definition) is 0. The highest BCUT2D eigenvalue weighted by Gasteiger charge is 2.20. The van der Waals surface area contributed by atoms with Crippen molar-refractivity contribution >= 4 is 37.6 Å². The van der Waals surface area contributed by atoms with Crippen LogP contribution < -0.4 is 4.74 Å². The molecule has 0 aliphatic heterocycles. The first kappa shape index (κ1) is 16.1. The van der Waals surface area contributed by atoms with Crippen LogP contribution >= 0.6 is 31.9 Å². The third-order valence-corrected chi connectivity index (χ3v) is 3.83. The van der Waals surface area contributed by atoms with E-state index in [9.17, 15) is 13.6 Å². The SMILES string of the molecule is COc1ccc(Br)cc1CC(=O)c1c(F)cc(Br)cc1F. The number of carbonyl (C=O) groups is 1. The molecule has 0 fully saturated rings. The lowest BCUT2D eigenvalue weighted by molar-refractivity contribution is 0.0984. The van der Waals surface area contributed by atoms with Gasteiger partial charge in [0, 0.05) is 20.9 Å². The molecule has 0 amide bonds. The van der Waals surface area contributed by atoms with Crippen molar-refractivity contribution in [2.24, 2.45) is 0 Å². The van der Waals surface area contributed by atoms with Crippen LogP contribution in [0.15, 0.2) is 39.3 Å². The van der Waals surface area contributed by atoms with Crippen molar-refractivity contribution in [3.05, 3.63) is 62.0 Å². The number of carbonyl (C=O) groups excluding carboxylic acids is 1. The summed E-state index contributed by atoms with van der Waals surface area (Å²) < 4.78 is 33.7. The van der Waals surface area contributed by atoms with E-state index in [4.69, 9.17) is 4.74 Å². The maximum absolute atomic E-state index is 13.8. The number of ether oxygens (including phenoxy) is 1. The normalized spacial score (nSPS) is 10.5. The fourth-order valence-corrected chi connectivity index (χ4v) is 2.77. The van der Waals surface area contributed by atoms with E-state index < -0.39 is 23.0 Å². The summed E-state index contributed by atoms with van der Waals surface area (Å²) in [5, 5.41) is 0. The molecular weight excluding hydrogens is 410 g/mol. The Bertz CT molecular complexity index is 679. The van der Waals surface area contributed by atoms with Gasteiger partial charge in [0.05, 0.1) is 12.7 Å². The number of rotatable bonds is 4. The van der Waals surface area contributed by atoms with Crippen molar-refractivity contribution in [3.8, 4) is 5.75 Å². The minimum atomic E-state index is -0.888. The van der Waals surface area contributed by atoms with Crippen molar-refractivity contribution in [3.63, 3.8) is 0 Å². The first-order valence-corrected chi connectivity index (χ1v) is 7.51. The molecule has 0 heterocycles. The van der Waals surface area contributed by atoms with E-state index in [0.717, 1.165) is 16.6 Å². The molecule has 0 aromatic heterocycles. The third kappa shape index (κ3) is 3.68. The van der Waals surface area contributed by atoms with Crippen LogP contribution in [0.4, 0.5) is 8.78 Å². The van der Waals surface area contributed by atoms with Gasteiger partial charge in [-0.15, -0.1) is 0 Å². The van der Waals surface area contributed by atoms with E-state index in [1.807, 2.05) is 0 Å². The van der Waals surface area contributed by atoms with Crippen LogP contribution in [0, 0.1) is 11.6 Å². The summed E-state index contributed by atoms with van der Waals surface area (Å²) in [6.07, 6.45) is -0.155. The molecule has 0 saturated carbocycles. The fourth-order valence-electron chi connectivity index (χ4n) is 1.96. The first-order chi connectivity index (χ1) is 9.92. The largest absolute Gasteiger partial charge is 0.496 e. The Morgan fingerprint density at radius 2 is 1.71 bits per heavy atom. The molecule has 2 rings (SSSR count). The van der Waals surface area contributed by atoms with Crippen molar-refractivity contribution in [2.75, 3.05) is 7.11 Å². The van der Waals surface area contributed by atoms with Gasteiger partial charge in [0.25, 0.3) is 0 Å². The van der Waals surface area contributed by atoms with Crippen LogP contribution in [-0.4, -0.2) is 12.9 Å². The zero-order chi connectivity index (χ0) is 15.6. The van der Waals surface area contributed by atoms with Gasteiger partial charge in [-0.3, -0.25) is 4.79 Å². The number of halogens is 4. The summed E-state index contributed by atoms with van der Waals surface area (Å²) in [5.41, 5.74) is 0.0128. The van der Waals surface area contributed by atoms with E-state index in [2.05, 4.69) is 31.9 Å². The predicted octanol–water partition coefficient (Wildman–Crippen LogP) is 4.92. The van der Waals surface area contributed by atoms with E-state index in [1.165, 1.54) is 7.11 Å². The van der Waals surface area contributed by atoms with Crippen molar-refractivity contribution < 1.29 is 18.3 Å². The molecule has 0 bridgehead atoms. The highest BCUT2D eigenvalue weighted by atomic mass is 79.9. The smallest absolute Gasteiger partial charge is 0.173 e. The quantitative estimate of drug-likeness (QED) is 0.657. The number of Topliss-reactive ketones (excluding diaryl/α,β-unsaturated/α-hetero) is 1. The standard InChI is InChI=1S/C15H10Br2F2O2/c1-21-14-3-2-9(16)4-8(14)5-13(20)15-11(18)6-10(17)7-12(15)19/h2-4,6-7H,5H2,1H3. The molecule has 0 radical (unpaired) electrons. The monoisotopic (exact) mass is 418 g/mol. The molecule has 2 aromatic rings. The fraction of sp³-hybridized carbons (Fsp3) is 0.133. The molecule has 6 heteroatoms. The second-order valence-corrected chi connectivity index (χ2v) is 6.13.